The number of carbonyl (C=O) groups is 1. The van der Waals surface area contributed by atoms with Crippen LogP contribution in [-0.2, 0) is 11.0 Å². The molecule has 2 aliphatic heterocycles. The van der Waals surface area contributed by atoms with Crippen LogP contribution in [0.1, 0.15) is 93.7 Å². The zero-order valence-electron chi connectivity index (χ0n) is 38.9. The third-order valence-corrected chi connectivity index (χ3v) is 14.7. The van der Waals surface area contributed by atoms with Crippen molar-refractivity contribution in [2.75, 3.05) is 69.4 Å². The van der Waals surface area contributed by atoms with Gasteiger partial charge in [0.25, 0.3) is 0 Å². The lowest BCUT2D eigenvalue weighted by Gasteiger charge is -2.50. The number of ether oxygens (including phenoxy) is 2. The number of carbonyl (C=O) groups excluding carboxylic acids is 1. The van der Waals surface area contributed by atoms with Crippen LogP contribution < -0.4 is 30.7 Å². The van der Waals surface area contributed by atoms with E-state index < -0.39 is 41.8 Å². The van der Waals surface area contributed by atoms with Crippen LogP contribution in [0.5, 0.6) is 23.3 Å². The van der Waals surface area contributed by atoms with Gasteiger partial charge < -0.3 is 50.8 Å². The number of aliphatic hydroxyl groups excluding tert-OH is 2. The molecule has 3 unspecified atom stereocenters. The SMILES string of the molecule is COc1cc2nc(C)nc(N[C@H](C)c3cc(N)cc(C(F)(F)F)c3)c2cc1OCC1(CN(C)C(=O)C2(N3CCN(c4cccc5c(O)n(C6CCC(O)NC6O)c(O)c45)CC3)CCCCC2)CC1. The molecule has 5 aromatic rings. The van der Waals surface area contributed by atoms with Gasteiger partial charge in [-0.3, -0.25) is 19.6 Å². The Kier molecular flexibility index (Phi) is 12.7. The van der Waals surface area contributed by atoms with Crippen molar-refractivity contribution in [1.29, 1.82) is 0 Å². The highest BCUT2D eigenvalue weighted by molar-refractivity contribution is 6.02. The topological polar surface area (TPSA) is 207 Å². The lowest BCUT2D eigenvalue weighted by Crippen LogP contribution is -2.64. The van der Waals surface area contributed by atoms with Gasteiger partial charge in [-0.05, 0) is 94.3 Å². The second-order valence-electron chi connectivity index (χ2n) is 19.4. The van der Waals surface area contributed by atoms with E-state index in [2.05, 4.69) is 30.4 Å². The molecule has 3 aromatic carbocycles. The number of piperazine rings is 1. The molecule has 2 saturated heterocycles. The van der Waals surface area contributed by atoms with Crippen LogP contribution in [0.3, 0.4) is 0 Å². The average molecular weight is 946 g/mol. The summed E-state index contributed by atoms with van der Waals surface area (Å²) in [5, 5.41) is 51.2. The standard InChI is InChI=1S/C49H62F3N9O7/c1-28(30-21-31(49(50,51)52)23-32(53)22-30)54-42-34-24-39(38(67-4)25-35(34)55-29(2)56-42)68-27-47(15-16-47)26-58(3)46(66)48(13-6-5-7-14-48)60-19-17-59(18-20-60)36-10-8-9-33-41(36)45(65)61(44(33)64)37-11-12-40(62)57-43(37)63/h8-10,21-25,28,37,40,43,57,62-65H,5-7,11-20,26-27,53H2,1-4H3,(H,54,55,56)/t28-,37?,40?,43?/m1/s1. The maximum atomic E-state index is 14.9. The number of piperidine rings is 1. The number of aromatic nitrogens is 3. The number of alkyl halides is 3. The Morgan fingerprint density at radius 1 is 0.971 bits per heavy atom. The molecule has 8 N–H and O–H groups in total. The Labute approximate surface area is 392 Å². The molecule has 4 atom stereocenters. The Bertz CT molecular complexity index is 2680. The summed E-state index contributed by atoms with van der Waals surface area (Å²) in [5.41, 5.74) is 5.78. The van der Waals surface area contributed by atoms with Crippen molar-refractivity contribution in [2.45, 2.75) is 108 Å². The minimum absolute atomic E-state index is 0.00334. The fraction of sp³-hybridized carbons (Fsp3) is 0.531. The summed E-state index contributed by atoms with van der Waals surface area (Å²) in [6, 6.07) is 11.3. The zero-order valence-corrected chi connectivity index (χ0v) is 38.9. The minimum Gasteiger partial charge on any atom is -0.494 e. The number of nitrogens with two attached hydrogens (primary N) is 1. The van der Waals surface area contributed by atoms with E-state index in [4.69, 9.17) is 15.2 Å². The van der Waals surface area contributed by atoms with E-state index in [1.54, 1.807) is 39.2 Å². The highest BCUT2D eigenvalue weighted by atomic mass is 19.4. The van der Waals surface area contributed by atoms with E-state index in [1.165, 1.54) is 10.6 Å². The number of benzene rings is 3. The number of methoxy groups -OCH3 is 1. The van der Waals surface area contributed by atoms with Crippen LogP contribution >= 0.6 is 0 Å². The Hall–Kier alpha value is -5.76. The molecule has 4 fully saturated rings. The van der Waals surface area contributed by atoms with Crippen molar-refractivity contribution in [1.82, 2.24) is 29.7 Å². The summed E-state index contributed by atoms with van der Waals surface area (Å²) in [7, 11) is 3.44. The van der Waals surface area contributed by atoms with Crippen molar-refractivity contribution < 1.29 is 47.9 Å². The molecule has 0 bridgehead atoms. The maximum Gasteiger partial charge on any atom is 0.416 e. The molecule has 1 amide bonds. The third kappa shape index (κ3) is 9.00. The fourth-order valence-corrected chi connectivity index (χ4v) is 10.9. The number of hydrogen-bond acceptors (Lipinski definition) is 14. The van der Waals surface area contributed by atoms with E-state index in [0.29, 0.717) is 103 Å². The highest BCUT2D eigenvalue weighted by Crippen LogP contribution is 2.49. The second-order valence-corrected chi connectivity index (χ2v) is 19.4. The number of aryl methyl sites for hydroxylation is 1. The summed E-state index contributed by atoms with van der Waals surface area (Å²) in [4.78, 5) is 30.6. The summed E-state index contributed by atoms with van der Waals surface area (Å²) < 4.78 is 54.7. The van der Waals surface area contributed by atoms with E-state index in [9.17, 15) is 38.4 Å². The van der Waals surface area contributed by atoms with Crippen LogP contribution in [0.4, 0.5) is 30.4 Å². The first-order valence-electron chi connectivity index (χ1n) is 23.6. The minimum atomic E-state index is -4.56. The Balaban J connectivity index is 0.890. The highest BCUT2D eigenvalue weighted by Gasteiger charge is 2.51. The molecule has 4 aliphatic rings. The molecule has 16 nitrogen and oxygen atoms in total. The van der Waals surface area contributed by atoms with Gasteiger partial charge in [-0.15, -0.1) is 0 Å². The van der Waals surface area contributed by atoms with Gasteiger partial charge in [-0.25, -0.2) is 9.97 Å². The average Bonchev–Trinajstić information content (AvgIpc) is 4.03. The Morgan fingerprint density at radius 2 is 1.71 bits per heavy atom. The van der Waals surface area contributed by atoms with Crippen LogP contribution in [0, 0.1) is 12.3 Å². The van der Waals surface area contributed by atoms with Gasteiger partial charge in [0.1, 0.15) is 29.6 Å². The first-order chi connectivity index (χ1) is 32.4. The molecular formula is C49H62F3N9O7. The predicted molar refractivity (Wildman–Crippen MR) is 252 cm³/mol. The summed E-state index contributed by atoms with van der Waals surface area (Å²) in [5.74, 6) is 1.60. The molecule has 0 radical (unpaired) electrons. The lowest BCUT2D eigenvalue weighted by molar-refractivity contribution is -0.147. The monoisotopic (exact) mass is 945 g/mol. The van der Waals surface area contributed by atoms with Gasteiger partial charge in [-0.1, -0.05) is 25.3 Å². The van der Waals surface area contributed by atoms with E-state index >= 15 is 0 Å². The van der Waals surface area contributed by atoms with Crippen LogP contribution in [0.25, 0.3) is 21.7 Å². The first-order valence-corrected chi connectivity index (χ1v) is 23.6. The smallest absolute Gasteiger partial charge is 0.416 e. The molecule has 0 spiro atoms. The molecule has 2 aromatic heterocycles. The number of aromatic hydroxyl groups is 2. The quantitative estimate of drug-likeness (QED) is 0.0608. The number of aliphatic hydroxyl groups is 2. The number of nitrogens with one attached hydrogen (secondary N) is 2. The number of nitrogens with zero attached hydrogens (tertiary/aromatic N) is 6. The Morgan fingerprint density at radius 3 is 2.38 bits per heavy atom. The van der Waals surface area contributed by atoms with Gasteiger partial charge in [0.15, 0.2) is 11.5 Å². The van der Waals surface area contributed by atoms with Crippen LogP contribution in [0.2, 0.25) is 0 Å². The van der Waals surface area contributed by atoms with Crippen molar-refractivity contribution in [3.05, 3.63) is 65.5 Å². The number of nitrogen functional groups attached to an aromatic ring is 1. The normalized spacial score (nSPS) is 22.2. The van der Waals surface area contributed by atoms with Crippen LogP contribution in [-0.4, -0.2) is 122 Å². The summed E-state index contributed by atoms with van der Waals surface area (Å²) in [6.45, 7) is 6.72. The van der Waals surface area contributed by atoms with E-state index in [1.807, 2.05) is 24.1 Å². The third-order valence-electron chi connectivity index (χ3n) is 14.7. The second kappa shape index (κ2) is 18.3. The molecule has 68 heavy (non-hydrogen) atoms. The fourth-order valence-electron chi connectivity index (χ4n) is 10.9. The van der Waals surface area contributed by atoms with Crippen molar-refractivity contribution >= 4 is 44.8 Å². The first kappa shape index (κ1) is 47.3. The molecular weight excluding hydrogens is 884 g/mol. The van der Waals surface area contributed by atoms with E-state index in [-0.39, 0.29) is 28.8 Å². The van der Waals surface area contributed by atoms with Crippen molar-refractivity contribution in [3.63, 3.8) is 0 Å². The molecule has 2 aliphatic carbocycles. The number of fused-ring (bicyclic) bond motifs is 2. The number of likely N-dealkylation sites (N-methyl/N-ethyl adjacent to an activating group) is 1. The van der Waals surface area contributed by atoms with Gasteiger partial charge in [0.05, 0.1) is 48.0 Å². The molecule has 2 saturated carbocycles. The zero-order chi connectivity index (χ0) is 48.3. The molecule has 19 heteroatoms. The molecule has 366 valence electrons. The largest absolute Gasteiger partial charge is 0.494 e. The lowest BCUT2D eigenvalue weighted by atomic mass is 9.78. The number of hydrogen-bond donors (Lipinski definition) is 7. The summed E-state index contributed by atoms with van der Waals surface area (Å²) >= 11 is 0. The maximum absolute atomic E-state index is 14.9. The van der Waals surface area contributed by atoms with Crippen LogP contribution in [0.15, 0.2) is 48.5 Å². The van der Waals surface area contributed by atoms with Crippen molar-refractivity contribution in [3.8, 4) is 23.3 Å². The summed E-state index contributed by atoms with van der Waals surface area (Å²) in [6.07, 6.45) is 0.315. The number of anilines is 3. The molecule has 9 rings (SSSR count). The van der Waals surface area contributed by atoms with Gasteiger partial charge in [-0.2, -0.15) is 13.2 Å². The van der Waals surface area contributed by atoms with Crippen molar-refractivity contribution in [2.24, 2.45) is 5.41 Å². The van der Waals surface area contributed by atoms with Gasteiger partial charge >= 0.3 is 6.18 Å². The number of halogens is 3. The van der Waals surface area contributed by atoms with Gasteiger partial charge in [0, 0.05) is 67.7 Å². The molecule has 4 heterocycles. The van der Waals surface area contributed by atoms with Gasteiger partial charge in [0.2, 0.25) is 17.7 Å². The van der Waals surface area contributed by atoms with E-state index in [0.717, 1.165) is 62.8 Å². The predicted octanol–water partition coefficient (Wildman–Crippen LogP) is 6.79. The number of amides is 1. The number of rotatable bonds is 13.